The Balaban J connectivity index is 1.38. The number of fused-ring (bicyclic) bond motifs is 1. The molecule has 1 fully saturated rings. The number of carbonyl (C=O) groups is 1. The Kier molecular flexibility index (Phi) is 4.79. The summed E-state index contributed by atoms with van der Waals surface area (Å²) in [5.74, 6) is 0.796. The molecule has 0 spiro atoms. The van der Waals surface area contributed by atoms with Gasteiger partial charge in [-0.3, -0.25) is 0 Å². The van der Waals surface area contributed by atoms with Crippen LogP contribution in [0, 0.1) is 11.7 Å². The van der Waals surface area contributed by atoms with Gasteiger partial charge in [0.1, 0.15) is 17.9 Å². The largest absolute Gasteiger partial charge is 0.496 e. The average Bonchev–Trinajstić information content (AvgIpc) is 3.46. The Bertz CT molecular complexity index is 859. The predicted molar refractivity (Wildman–Crippen MR) is 101 cm³/mol. The lowest BCUT2D eigenvalue weighted by Crippen LogP contribution is -2.31. The lowest BCUT2D eigenvalue weighted by Gasteiger charge is -2.24. The van der Waals surface area contributed by atoms with Crippen LogP contribution in [0.1, 0.15) is 36.3 Å². The molecule has 4 rings (SSSR count). The van der Waals surface area contributed by atoms with E-state index in [0.29, 0.717) is 13.0 Å². The van der Waals surface area contributed by atoms with Crippen molar-refractivity contribution in [2.24, 2.45) is 11.0 Å². The molecule has 3 aliphatic rings. The van der Waals surface area contributed by atoms with E-state index in [0.717, 1.165) is 53.7 Å². The highest BCUT2D eigenvalue weighted by Crippen LogP contribution is 2.46. The van der Waals surface area contributed by atoms with Crippen LogP contribution in [0.4, 0.5) is 4.39 Å². The summed E-state index contributed by atoms with van der Waals surface area (Å²) < 4.78 is 19.9. The SMILES string of the molecule is C=C1CCC(OCCc2cc(F)cc(C3CC3C=O)c2)=CN2NN=CC=C12. The van der Waals surface area contributed by atoms with Gasteiger partial charge in [0.15, 0.2) is 0 Å². The minimum absolute atomic E-state index is 0.0436. The van der Waals surface area contributed by atoms with Crippen LogP contribution < -0.4 is 5.53 Å². The second kappa shape index (κ2) is 7.39. The van der Waals surface area contributed by atoms with Gasteiger partial charge >= 0.3 is 0 Å². The van der Waals surface area contributed by atoms with Crippen molar-refractivity contribution in [2.75, 3.05) is 6.61 Å². The topological polar surface area (TPSA) is 53.9 Å². The first-order valence-corrected chi connectivity index (χ1v) is 9.18. The van der Waals surface area contributed by atoms with Crippen LogP contribution in [0.15, 0.2) is 59.2 Å². The summed E-state index contributed by atoms with van der Waals surface area (Å²) in [4.78, 5) is 10.9. The molecule has 2 unspecified atom stereocenters. The molecular formula is C21H22FN3O2. The zero-order valence-corrected chi connectivity index (χ0v) is 15.0. The van der Waals surface area contributed by atoms with Gasteiger partial charge in [-0.1, -0.05) is 12.6 Å². The summed E-state index contributed by atoms with van der Waals surface area (Å²) in [6.07, 6.45) is 9.46. The highest BCUT2D eigenvalue weighted by molar-refractivity contribution is 5.74. The van der Waals surface area contributed by atoms with E-state index in [1.165, 1.54) is 12.1 Å². The maximum Gasteiger partial charge on any atom is 0.123 e. The average molecular weight is 367 g/mol. The molecule has 0 bridgehead atoms. The summed E-state index contributed by atoms with van der Waals surface area (Å²) in [5, 5.41) is 5.82. The van der Waals surface area contributed by atoms with Crippen molar-refractivity contribution in [3.05, 3.63) is 71.0 Å². The number of benzene rings is 1. The Morgan fingerprint density at radius 3 is 3.07 bits per heavy atom. The molecule has 2 aliphatic heterocycles. The molecule has 1 aromatic carbocycles. The number of ether oxygens (including phenoxy) is 1. The maximum atomic E-state index is 13.9. The van der Waals surface area contributed by atoms with E-state index in [2.05, 4.69) is 17.2 Å². The van der Waals surface area contributed by atoms with E-state index in [4.69, 9.17) is 4.74 Å². The minimum atomic E-state index is -0.255. The Labute approximate surface area is 157 Å². The van der Waals surface area contributed by atoms with Gasteiger partial charge in [0.25, 0.3) is 0 Å². The summed E-state index contributed by atoms with van der Waals surface area (Å²) in [6, 6.07) is 5.07. The van der Waals surface area contributed by atoms with E-state index in [9.17, 15) is 9.18 Å². The highest BCUT2D eigenvalue weighted by atomic mass is 19.1. The minimum Gasteiger partial charge on any atom is -0.496 e. The van der Waals surface area contributed by atoms with Crippen molar-refractivity contribution < 1.29 is 13.9 Å². The van der Waals surface area contributed by atoms with Crippen LogP contribution in [0.25, 0.3) is 0 Å². The van der Waals surface area contributed by atoms with E-state index in [-0.39, 0.29) is 17.7 Å². The third kappa shape index (κ3) is 3.94. The van der Waals surface area contributed by atoms with Crippen LogP contribution in [-0.2, 0) is 16.0 Å². The van der Waals surface area contributed by atoms with Crippen LogP contribution in [0.2, 0.25) is 0 Å². The van der Waals surface area contributed by atoms with E-state index in [1.807, 2.05) is 18.3 Å². The van der Waals surface area contributed by atoms with Gasteiger partial charge in [-0.05, 0) is 53.7 Å². The number of nitrogens with one attached hydrogen (secondary N) is 1. The number of hydrazone groups is 1. The number of halogens is 1. The molecule has 0 amide bonds. The first kappa shape index (κ1) is 17.5. The van der Waals surface area contributed by atoms with Crippen LogP contribution in [-0.4, -0.2) is 24.1 Å². The Morgan fingerprint density at radius 1 is 1.37 bits per heavy atom. The van der Waals surface area contributed by atoms with Crippen LogP contribution in [0.5, 0.6) is 0 Å². The maximum absolute atomic E-state index is 13.9. The standard InChI is InChI=1S/C21H22FN3O2/c1-14-2-3-19(12-25-21(14)4-6-23-24-25)27-7-5-15-8-16(10-18(22)9-15)20-11-17(20)13-26/h4,6,8-10,12-13,17,20,24H,1-3,5,7,11H2. The molecule has 0 aromatic heterocycles. The van der Waals surface area contributed by atoms with Gasteiger partial charge in [0.05, 0.1) is 24.7 Å². The first-order chi connectivity index (χ1) is 13.1. The molecule has 140 valence electrons. The Hall–Kier alpha value is -2.89. The molecule has 0 saturated heterocycles. The third-order valence-corrected chi connectivity index (χ3v) is 5.14. The van der Waals surface area contributed by atoms with E-state index in [1.54, 1.807) is 11.2 Å². The number of aldehydes is 1. The molecule has 6 heteroatoms. The van der Waals surface area contributed by atoms with Crippen LogP contribution >= 0.6 is 0 Å². The van der Waals surface area contributed by atoms with Crippen molar-refractivity contribution in [1.82, 2.24) is 10.5 Å². The van der Waals surface area contributed by atoms with Crippen LogP contribution in [0.3, 0.4) is 0 Å². The first-order valence-electron chi connectivity index (χ1n) is 9.18. The highest BCUT2D eigenvalue weighted by Gasteiger charge is 2.38. The molecule has 1 N–H and O–H groups in total. The molecule has 27 heavy (non-hydrogen) atoms. The zero-order chi connectivity index (χ0) is 18.8. The molecule has 2 heterocycles. The number of hydrogen-bond donors (Lipinski definition) is 1. The zero-order valence-electron chi connectivity index (χ0n) is 15.0. The van der Waals surface area contributed by atoms with E-state index >= 15 is 0 Å². The second-order valence-corrected chi connectivity index (χ2v) is 7.13. The number of nitrogens with zero attached hydrogens (tertiary/aromatic N) is 2. The molecule has 2 atom stereocenters. The lowest BCUT2D eigenvalue weighted by atomic mass is 10.0. The fraction of sp³-hybridized carbons (Fsp3) is 0.333. The van der Waals surface area contributed by atoms with Crippen molar-refractivity contribution in [2.45, 2.75) is 31.6 Å². The second-order valence-electron chi connectivity index (χ2n) is 7.13. The molecule has 5 nitrogen and oxygen atoms in total. The molecular weight excluding hydrogens is 345 g/mol. The molecule has 1 aromatic rings. The normalized spacial score (nSPS) is 23.6. The summed E-state index contributed by atoms with van der Waals surface area (Å²) in [7, 11) is 0. The summed E-state index contributed by atoms with van der Waals surface area (Å²) in [6.45, 7) is 4.57. The van der Waals surface area contributed by atoms with E-state index < -0.39 is 0 Å². The van der Waals surface area contributed by atoms with Crippen molar-refractivity contribution in [1.29, 1.82) is 0 Å². The third-order valence-electron chi connectivity index (χ3n) is 5.14. The van der Waals surface area contributed by atoms with Gasteiger partial charge in [0, 0.05) is 18.8 Å². The lowest BCUT2D eigenvalue weighted by molar-refractivity contribution is -0.108. The van der Waals surface area contributed by atoms with Gasteiger partial charge in [-0.25, -0.2) is 14.9 Å². The van der Waals surface area contributed by atoms with Gasteiger partial charge in [-0.15, -0.1) is 0 Å². The summed E-state index contributed by atoms with van der Waals surface area (Å²) in [5.41, 5.74) is 6.72. The number of rotatable bonds is 6. The fourth-order valence-electron chi connectivity index (χ4n) is 3.53. The number of hydrazine groups is 1. The van der Waals surface area contributed by atoms with Crippen molar-refractivity contribution in [3.8, 4) is 0 Å². The Morgan fingerprint density at radius 2 is 2.26 bits per heavy atom. The van der Waals surface area contributed by atoms with Crippen molar-refractivity contribution >= 4 is 12.5 Å². The molecule has 1 saturated carbocycles. The smallest absolute Gasteiger partial charge is 0.123 e. The molecule has 0 radical (unpaired) electrons. The quantitative estimate of drug-likeness (QED) is 0.781. The fourth-order valence-corrected chi connectivity index (χ4v) is 3.53. The van der Waals surface area contributed by atoms with Gasteiger partial charge < -0.3 is 9.53 Å². The monoisotopic (exact) mass is 367 g/mol. The number of allylic oxidation sites excluding steroid dienone is 3. The number of carbonyl (C=O) groups excluding carboxylic acids is 1. The summed E-state index contributed by atoms with van der Waals surface area (Å²) >= 11 is 0. The molecule has 1 aliphatic carbocycles. The van der Waals surface area contributed by atoms with Gasteiger partial charge in [-0.2, -0.15) is 5.10 Å². The van der Waals surface area contributed by atoms with Gasteiger partial charge in [0.2, 0.25) is 0 Å². The predicted octanol–water partition coefficient (Wildman–Crippen LogP) is 3.57. The number of hydrogen-bond acceptors (Lipinski definition) is 5. The van der Waals surface area contributed by atoms with Crippen molar-refractivity contribution in [3.63, 3.8) is 0 Å².